The Morgan fingerprint density at radius 1 is 0.947 bits per heavy atom. The van der Waals surface area contributed by atoms with Gasteiger partial charge < -0.3 is 10.1 Å². The molecule has 1 N–H and O–H groups in total. The molecule has 0 saturated carbocycles. The van der Waals surface area contributed by atoms with E-state index < -0.39 is 0 Å². The summed E-state index contributed by atoms with van der Waals surface area (Å²) in [5, 5.41) is 3.47. The lowest BCUT2D eigenvalue weighted by atomic mass is 9.97. The maximum absolute atomic E-state index is 5.75. The van der Waals surface area contributed by atoms with Crippen LogP contribution in [0, 0.1) is 5.92 Å². The zero-order valence-corrected chi connectivity index (χ0v) is 13.1. The predicted octanol–water partition coefficient (Wildman–Crippen LogP) is 4.53. The Kier molecular flexibility index (Phi) is 11.5. The number of nitrogens with one attached hydrogen (secondary N) is 1. The van der Waals surface area contributed by atoms with E-state index in [0.29, 0.717) is 0 Å². The fraction of sp³-hybridized carbons (Fsp3) is 1.00. The van der Waals surface area contributed by atoms with Crippen LogP contribution in [0.15, 0.2) is 0 Å². The number of ether oxygens (including phenoxy) is 1. The van der Waals surface area contributed by atoms with Gasteiger partial charge in [-0.05, 0) is 44.7 Å². The van der Waals surface area contributed by atoms with Crippen molar-refractivity contribution in [3.8, 4) is 0 Å². The third kappa shape index (κ3) is 10.4. The van der Waals surface area contributed by atoms with E-state index in [-0.39, 0.29) is 0 Å². The summed E-state index contributed by atoms with van der Waals surface area (Å²) in [5.41, 5.74) is 0. The van der Waals surface area contributed by atoms with Gasteiger partial charge in [0, 0.05) is 13.2 Å². The van der Waals surface area contributed by atoms with E-state index >= 15 is 0 Å². The maximum Gasteiger partial charge on any atom is 0.0469 e. The van der Waals surface area contributed by atoms with Crippen molar-refractivity contribution >= 4 is 0 Å². The summed E-state index contributed by atoms with van der Waals surface area (Å²) in [6, 6.07) is 0. The van der Waals surface area contributed by atoms with Crippen LogP contribution in [0.25, 0.3) is 0 Å². The van der Waals surface area contributed by atoms with Gasteiger partial charge in [-0.15, -0.1) is 0 Å². The fourth-order valence-corrected chi connectivity index (χ4v) is 2.86. The average Bonchev–Trinajstić information content (AvgIpc) is 2.46. The molecular formula is C17H35NO. The van der Waals surface area contributed by atoms with Gasteiger partial charge >= 0.3 is 0 Å². The first-order valence-corrected chi connectivity index (χ1v) is 8.72. The van der Waals surface area contributed by atoms with Gasteiger partial charge in [-0.1, -0.05) is 51.9 Å². The summed E-state index contributed by atoms with van der Waals surface area (Å²) >= 11 is 0. The third-order valence-electron chi connectivity index (χ3n) is 4.21. The summed E-state index contributed by atoms with van der Waals surface area (Å²) in [4.78, 5) is 0. The van der Waals surface area contributed by atoms with Crippen molar-refractivity contribution in [2.75, 3.05) is 26.3 Å². The Labute approximate surface area is 120 Å². The van der Waals surface area contributed by atoms with Gasteiger partial charge in [0.1, 0.15) is 0 Å². The van der Waals surface area contributed by atoms with Crippen molar-refractivity contribution in [3.63, 3.8) is 0 Å². The zero-order chi connectivity index (χ0) is 13.6. The van der Waals surface area contributed by atoms with Gasteiger partial charge in [0.15, 0.2) is 0 Å². The normalized spacial score (nSPS) is 19.7. The molecule has 2 nitrogen and oxygen atoms in total. The first-order valence-electron chi connectivity index (χ1n) is 8.72. The van der Waals surface area contributed by atoms with Gasteiger partial charge in [-0.2, -0.15) is 0 Å². The minimum atomic E-state index is 0.868. The summed E-state index contributed by atoms with van der Waals surface area (Å²) in [5.74, 6) is 0.868. The van der Waals surface area contributed by atoms with E-state index in [4.69, 9.17) is 4.74 Å². The molecule has 0 radical (unpaired) electrons. The number of rotatable bonds is 12. The Morgan fingerprint density at radius 3 is 2.37 bits per heavy atom. The summed E-state index contributed by atoms with van der Waals surface area (Å²) in [6.45, 7) is 6.66. The first-order chi connectivity index (χ1) is 9.43. The predicted molar refractivity (Wildman–Crippen MR) is 83.6 cm³/mol. The highest BCUT2D eigenvalue weighted by atomic mass is 16.5. The molecule has 1 atom stereocenters. The molecule has 0 aliphatic carbocycles. The molecule has 0 aromatic rings. The molecule has 114 valence electrons. The Hall–Kier alpha value is -0.0800. The zero-order valence-electron chi connectivity index (χ0n) is 13.1. The monoisotopic (exact) mass is 269 g/mol. The second-order valence-electron chi connectivity index (χ2n) is 6.09. The minimum Gasteiger partial charge on any atom is -0.381 e. The number of piperidine rings is 1. The summed E-state index contributed by atoms with van der Waals surface area (Å²) < 4.78 is 5.75. The Morgan fingerprint density at radius 2 is 1.68 bits per heavy atom. The lowest BCUT2D eigenvalue weighted by molar-refractivity contribution is 0.112. The molecule has 1 heterocycles. The van der Waals surface area contributed by atoms with Crippen molar-refractivity contribution in [2.45, 2.75) is 77.6 Å². The molecule has 19 heavy (non-hydrogen) atoms. The maximum atomic E-state index is 5.75. The topological polar surface area (TPSA) is 21.3 Å². The lowest BCUT2D eigenvalue weighted by Gasteiger charge is -2.22. The molecule has 0 bridgehead atoms. The second kappa shape index (κ2) is 12.9. The largest absolute Gasteiger partial charge is 0.381 e. The average molecular weight is 269 g/mol. The van der Waals surface area contributed by atoms with Crippen LogP contribution in [0.4, 0.5) is 0 Å². The molecule has 1 aliphatic heterocycles. The Balaban J connectivity index is 1.71. The molecule has 2 heteroatoms. The molecule has 0 aromatic heterocycles. The number of hydrogen-bond donors (Lipinski definition) is 1. The van der Waals surface area contributed by atoms with Crippen LogP contribution < -0.4 is 5.32 Å². The van der Waals surface area contributed by atoms with Crippen molar-refractivity contribution < 1.29 is 4.74 Å². The molecule has 0 aromatic carbocycles. The van der Waals surface area contributed by atoms with Crippen LogP contribution in [-0.4, -0.2) is 26.3 Å². The SMILES string of the molecule is CCCCCCCCCCOCCC1CCCNC1. The molecule has 1 unspecified atom stereocenters. The van der Waals surface area contributed by atoms with Crippen LogP contribution >= 0.6 is 0 Å². The molecular weight excluding hydrogens is 234 g/mol. The van der Waals surface area contributed by atoms with Gasteiger partial charge in [0.2, 0.25) is 0 Å². The molecule has 1 fully saturated rings. The van der Waals surface area contributed by atoms with Crippen LogP contribution in [0.1, 0.15) is 77.6 Å². The highest BCUT2D eigenvalue weighted by Crippen LogP contribution is 2.14. The highest BCUT2D eigenvalue weighted by Gasteiger charge is 2.11. The third-order valence-corrected chi connectivity index (χ3v) is 4.21. The lowest BCUT2D eigenvalue weighted by Crippen LogP contribution is -2.30. The van der Waals surface area contributed by atoms with E-state index in [1.165, 1.54) is 83.7 Å². The molecule has 0 amide bonds. The van der Waals surface area contributed by atoms with Crippen LogP contribution in [0.3, 0.4) is 0 Å². The van der Waals surface area contributed by atoms with E-state index in [1.807, 2.05) is 0 Å². The van der Waals surface area contributed by atoms with Gasteiger partial charge in [-0.25, -0.2) is 0 Å². The smallest absolute Gasteiger partial charge is 0.0469 e. The standard InChI is InChI=1S/C17H35NO/c1-2-3-4-5-6-7-8-9-14-19-15-12-17-11-10-13-18-16-17/h17-18H,2-16H2,1H3. The number of hydrogen-bond acceptors (Lipinski definition) is 2. The van der Waals surface area contributed by atoms with Crippen LogP contribution in [0.2, 0.25) is 0 Å². The summed E-state index contributed by atoms with van der Waals surface area (Å²) in [6.07, 6.45) is 15.1. The minimum absolute atomic E-state index is 0.868. The molecule has 0 spiro atoms. The van der Waals surface area contributed by atoms with Gasteiger partial charge in [0.05, 0.1) is 0 Å². The second-order valence-corrected chi connectivity index (χ2v) is 6.09. The van der Waals surface area contributed by atoms with E-state index in [2.05, 4.69) is 12.2 Å². The molecule has 1 aliphatic rings. The first kappa shape index (κ1) is 17.0. The fourth-order valence-electron chi connectivity index (χ4n) is 2.86. The molecule has 1 rings (SSSR count). The van der Waals surface area contributed by atoms with Gasteiger partial charge in [0.25, 0.3) is 0 Å². The van der Waals surface area contributed by atoms with Crippen molar-refractivity contribution in [3.05, 3.63) is 0 Å². The van der Waals surface area contributed by atoms with Crippen LogP contribution in [-0.2, 0) is 4.74 Å². The van der Waals surface area contributed by atoms with Crippen molar-refractivity contribution in [2.24, 2.45) is 5.92 Å². The highest BCUT2D eigenvalue weighted by molar-refractivity contribution is 4.68. The summed E-state index contributed by atoms with van der Waals surface area (Å²) in [7, 11) is 0. The van der Waals surface area contributed by atoms with Crippen molar-refractivity contribution in [1.29, 1.82) is 0 Å². The van der Waals surface area contributed by atoms with E-state index in [9.17, 15) is 0 Å². The van der Waals surface area contributed by atoms with Crippen molar-refractivity contribution in [1.82, 2.24) is 5.32 Å². The molecule has 1 saturated heterocycles. The van der Waals surface area contributed by atoms with Gasteiger partial charge in [-0.3, -0.25) is 0 Å². The van der Waals surface area contributed by atoms with Crippen LogP contribution in [0.5, 0.6) is 0 Å². The Bertz CT molecular complexity index is 178. The number of unbranched alkanes of at least 4 members (excludes halogenated alkanes) is 7. The quantitative estimate of drug-likeness (QED) is 0.525. The van der Waals surface area contributed by atoms with E-state index in [0.717, 1.165) is 19.1 Å². The van der Waals surface area contributed by atoms with E-state index in [1.54, 1.807) is 0 Å².